The molecule has 0 unspecified atom stereocenters. The number of halogens is 3. The van der Waals surface area contributed by atoms with E-state index < -0.39 is 11.7 Å². The van der Waals surface area contributed by atoms with Crippen LogP contribution in [0.2, 0.25) is 0 Å². The van der Waals surface area contributed by atoms with Crippen molar-refractivity contribution in [3.63, 3.8) is 0 Å². The minimum Gasteiger partial charge on any atom is -0.345 e. The molecule has 4 aromatic rings. The van der Waals surface area contributed by atoms with E-state index in [1.165, 1.54) is 10.7 Å². The molecular weight excluding hydrogens is 307 g/mol. The Kier molecular flexibility index (Phi) is 2.72. The van der Waals surface area contributed by atoms with Crippen molar-refractivity contribution in [2.24, 2.45) is 7.05 Å². The first kappa shape index (κ1) is 13.7. The van der Waals surface area contributed by atoms with Crippen LogP contribution < -0.4 is 0 Å². The summed E-state index contributed by atoms with van der Waals surface area (Å²) >= 11 is 0. The summed E-state index contributed by atoms with van der Waals surface area (Å²) in [4.78, 5) is 11.6. The molecule has 0 saturated carbocycles. The van der Waals surface area contributed by atoms with Crippen LogP contribution in [0.5, 0.6) is 0 Å². The van der Waals surface area contributed by atoms with Crippen molar-refractivity contribution in [1.82, 2.24) is 24.7 Å². The van der Waals surface area contributed by atoms with Gasteiger partial charge in [-0.1, -0.05) is 0 Å². The first-order valence-electron chi connectivity index (χ1n) is 6.78. The van der Waals surface area contributed by atoms with Gasteiger partial charge in [0.1, 0.15) is 16.9 Å². The van der Waals surface area contributed by atoms with Crippen LogP contribution in [0.4, 0.5) is 13.2 Å². The lowest BCUT2D eigenvalue weighted by molar-refractivity contribution is -0.137. The van der Waals surface area contributed by atoms with Crippen molar-refractivity contribution in [3.8, 4) is 11.4 Å². The SMILES string of the molecule is Cn1nc(-c2cnc3[nH]ccc3n2)c2ccc(C(F)(F)F)cc21. The molecule has 0 aliphatic heterocycles. The number of aromatic amines is 1. The fraction of sp³-hybridized carbons (Fsp3) is 0.133. The van der Waals surface area contributed by atoms with Crippen molar-refractivity contribution < 1.29 is 13.2 Å². The zero-order valence-corrected chi connectivity index (χ0v) is 11.9. The molecule has 0 spiro atoms. The molecule has 8 heteroatoms. The van der Waals surface area contributed by atoms with E-state index in [4.69, 9.17) is 0 Å². The Labute approximate surface area is 127 Å². The Hall–Kier alpha value is -2.90. The average Bonchev–Trinajstić information content (AvgIpc) is 3.10. The second-order valence-electron chi connectivity index (χ2n) is 5.17. The third-order valence-corrected chi connectivity index (χ3v) is 3.68. The summed E-state index contributed by atoms with van der Waals surface area (Å²) in [5, 5.41) is 4.91. The minimum atomic E-state index is -4.39. The minimum absolute atomic E-state index is 0.394. The number of benzene rings is 1. The summed E-state index contributed by atoms with van der Waals surface area (Å²) < 4.78 is 40.0. The molecule has 1 N–H and O–H groups in total. The fourth-order valence-electron chi connectivity index (χ4n) is 2.57. The number of aryl methyl sites for hydroxylation is 1. The summed E-state index contributed by atoms with van der Waals surface area (Å²) in [5.74, 6) is 0. The van der Waals surface area contributed by atoms with Crippen molar-refractivity contribution >= 4 is 22.1 Å². The van der Waals surface area contributed by atoms with E-state index in [1.54, 1.807) is 25.5 Å². The quantitative estimate of drug-likeness (QED) is 0.584. The number of H-pyrrole nitrogens is 1. The molecule has 23 heavy (non-hydrogen) atoms. The van der Waals surface area contributed by atoms with Gasteiger partial charge in [0.2, 0.25) is 0 Å². The molecule has 0 amide bonds. The largest absolute Gasteiger partial charge is 0.416 e. The maximum atomic E-state index is 12.9. The van der Waals surface area contributed by atoms with E-state index in [2.05, 4.69) is 20.1 Å². The highest BCUT2D eigenvalue weighted by Gasteiger charge is 2.31. The van der Waals surface area contributed by atoms with Crippen LogP contribution in [0, 0.1) is 0 Å². The van der Waals surface area contributed by atoms with Gasteiger partial charge < -0.3 is 4.98 Å². The predicted molar refractivity (Wildman–Crippen MR) is 78.6 cm³/mol. The van der Waals surface area contributed by atoms with E-state index >= 15 is 0 Å². The van der Waals surface area contributed by atoms with Crippen LogP contribution in [0.25, 0.3) is 33.5 Å². The molecule has 1 aromatic carbocycles. The maximum absolute atomic E-state index is 12.9. The number of rotatable bonds is 1. The molecular formula is C15H10F3N5. The van der Waals surface area contributed by atoms with Gasteiger partial charge in [0, 0.05) is 18.6 Å². The highest BCUT2D eigenvalue weighted by Crippen LogP contribution is 2.34. The molecule has 116 valence electrons. The second kappa shape index (κ2) is 4.55. The Morgan fingerprint density at radius 2 is 2.00 bits per heavy atom. The van der Waals surface area contributed by atoms with Gasteiger partial charge in [0.05, 0.1) is 17.3 Å². The molecule has 0 aliphatic carbocycles. The zero-order chi connectivity index (χ0) is 16.2. The van der Waals surface area contributed by atoms with Crippen molar-refractivity contribution in [2.45, 2.75) is 6.18 Å². The Balaban J connectivity index is 1.93. The predicted octanol–water partition coefficient (Wildman–Crippen LogP) is 3.53. The number of hydrogen-bond acceptors (Lipinski definition) is 3. The van der Waals surface area contributed by atoms with E-state index in [1.807, 2.05) is 0 Å². The lowest BCUT2D eigenvalue weighted by Gasteiger charge is -2.06. The van der Waals surface area contributed by atoms with Crippen LogP contribution in [-0.4, -0.2) is 24.7 Å². The molecule has 0 bridgehead atoms. The summed E-state index contributed by atoms with van der Waals surface area (Å²) in [6.45, 7) is 0. The van der Waals surface area contributed by atoms with Crippen molar-refractivity contribution in [2.75, 3.05) is 0 Å². The Bertz CT molecular complexity index is 1030. The average molecular weight is 317 g/mol. The number of aromatic nitrogens is 5. The van der Waals surface area contributed by atoms with Crippen LogP contribution in [0.15, 0.2) is 36.7 Å². The second-order valence-corrected chi connectivity index (χ2v) is 5.17. The highest BCUT2D eigenvalue weighted by atomic mass is 19.4. The normalized spacial score (nSPS) is 12.3. The van der Waals surface area contributed by atoms with Crippen LogP contribution in [0.3, 0.4) is 0 Å². The van der Waals surface area contributed by atoms with Gasteiger partial charge in [0.15, 0.2) is 5.65 Å². The molecule has 0 atom stereocenters. The molecule has 0 radical (unpaired) electrons. The van der Waals surface area contributed by atoms with Gasteiger partial charge in [-0.15, -0.1) is 0 Å². The molecule has 3 aromatic heterocycles. The zero-order valence-electron chi connectivity index (χ0n) is 11.9. The standard InChI is InChI=1S/C15H10F3N5/c1-23-12-6-8(15(16,17)18)2-3-9(12)13(22-23)11-7-20-14-10(21-11)4-5-19-14/h2-7H,1H3,(H,19,20). The third kappa shape index (κ3) is 2.14. The number of fused-ring (bicyclic) bond motifs is 2. The lowest BCUT2D eigenvalue weighted by atomic mass is 10.1. The van der Waals surface area contributed by atoms with Gasteiger partial charge in [-0.3, -0.25) is 4.68 Å². The summed E-state index contributed by atoms with van der Waals surface area (Å²) in [6, 6.07) is 5.34. The maximum Gasteiger partial charge on any atom is 0.416 e. The Morgan fingerprint density at radius 3 is 2.78 bits per heavy atom. The van der Waals surface area contributed by atoms with E-state index in [-0.39, 0.29) is 0 Å². The van der Waals surface area contributed by atoms with Gasteiger partial charge >= 0.3 is 6.18 Å². The summed E-state index contributed by atoms with van der Waals surface area (Å²) in [6.07, 6.45) is -1.11. The monoisotopic (exact) mass is 317 g/mol. The topological polar surface area (TPSA) is 59.4 Å². The van der Waals surface area contributed by atoms with Gasteiger partial charge in [-0.05, 0) is 24.3 Å². The van der Waals surface area contributed by atoms with Crippen molar-refractivity contribution in [1.29, 1.82) is 0 Å². The highest BCUT2D eigenvalue weighted by molar-refractivity contribution is 5.93. The Morgan fingerprint density at radius 1 is 1.17 bits per heavy atom. The van der Waals surface area contributed by atoms with Crippen LogP contribution >= 0.6 is 0 Å². The van der Waals surface area contributed by atoms with Crippen molar-refractivity contribution in [3.05, 3.63) is 42.2 Å². The van der Waals surface area contributed by atoms with Crippen LogP contribution in [-0.2, 0) is 13.2 Å². The van der Waals surface area contributed by atoms with E-state index in [0.717, 1.165) is 12.1 Å². The molecule has 4 rings (SSSR count). The molecule has 3 heterocycles. The molecule has 5 nitrogen and oxygen atoms in total. The molecule has 0 fully saturated rings. The number of nitrogens with zero attached hydrogens (tertiary/aromatic N) is 4. The first-order valence-corrected chi connectivity index (χ1v) is 6.78. The van der Waals surface area contributed by atoms with E-state index in [0.29, 0.717) is 33.5 Å². The number of alkyl halides is 3. The van der Waals surface area contributed by atoms with Crippen LogP contribution in [0.1, 0.15) is 5.56 Å². The van der Waals surface area contributed by atoms with Gasteiger partial charge in [-0.2, -0.15) is 18.3 Å². The van der Waals surface area contributed by atoms with E-state index in [9.17, 15) is 13.2 Å². The molecule has 0 saturated heterocycles. The first-order chi connectivity index (χ1) is 10.9. The summed E-state index contributed by atoms with van der Waals surface area (Å²) in [5.41, 5.74) is 2.04. The third-order valence-electron chi connectivity index (χ3n) is 3.68. The fourth-order valence-corrected chi connectivity index (χ4v) is 2.57. The number of nitrogens with one attached hydrogen (secondary N) is 1. The van der Waals surface area contributed by atoms with Gasteiger partial charge in [0.25, 0.3) is 0 Å². The summed E-state index contributed by atoms with van der Waals surface area (Å²) in [7, 11) is 1.61. The smallest absolute Gasteiger partial charge is 0.345 e. The lowest BCUT2D eigenvalue weighted by Crippen LogP contribution is -2.04. The number of hydrogen-bond donors (Lipinski definition) is 1. The van der Waals surface area contributed by atoms with Gasteiger partial charge in [-0.25, -0.2) is 9.97 Å². The molecule has 0 aliphatic rings.